The lowest BCUT2D eigenvalue weighted by Gasteiger charge is -2.09. The number of nitro groups is 1. The third-order valence-corrected chi connectivity index (χ3v) is 3.55. The monoisotopic (exact) mass is 252 g/mol. The maximum Gasteiger partial charge on any atom is 0.313 e. The Morgan fingerprint density at radius 1 is 1.56 bits per heavy atom. The van der Waals surface area contributed by atoms with Gasteiger partial charge in [0.25, 0.3) is 0 Å². The molecule has 0 spiro atoms. The number of aromatic nitrogens is 2. The highest BCUT2D eigenvalue weighted by molar-refractivity contribution is 5.43. The lowest BCUT2D eigenvalue weighted by Crippen LogP contribution is -2.26. The van der Waals surface area contributed by atoms with Crippen LogP contribution in [-0.4, -0.2) is 20.7 Å². The van der Waals surface area contributed by atoms with Crippen molar-refractivity contribution in [1.29, 1.82) is 0 Å². The first-order valence-corrected chi connectivity index (χ1v) is 6.37. The van der Waals surface area contributed by atoms with Gasteiger partial charge in [-0.15, -0.1) is 0 Å². The summed E-state index contributed by atoms with van der Waals surface area (Å²) in [6, 6.07) is 0.0131. The number of nitrogens with two attached hydrogens (primary N) is 1. The van der Waals surface area contributed by atoms with Crippen LogP contribution in [0.1, 0.15) is 44.0 Å². The number of hydrogen-bond donors (Lipinski definition) is 1. The average molecular weight is 252 g/mol. The standard InChI is InChI=1S/C12H20N4O2/c1-7(2)11-12(16(17)18)10(15(3)14-11)6-9(13)8-4-5-8/h7-9H,4-6,13H2,1-3H3. The fourth-order valence-corrected chi connectivity index (χ4v) is 2.30. The Bertz CT molecular complexity index is 463. The summed E-state index contributed by atoms with van der Waals surface area (Å²) in [5.41, 5.74) is 7.44. The molecule has 1 aromatic heterocycles. The Labute approximate surface area is 106 Å². The lowest BCUT2D eigenvalue weighted by atomic mass is 10.0. The van der Waals surface area contributed by atoms with Gasteiger partial charge in [0.2, 0.25) is 0 Å². The Kier molecular flexibility index (Phi) is 3.38. The lowest BCUT2D eigenvalue weighted by molar-refractivity contribution is -0.386. The molecule has 1 aliphatic carbocycles. The van der Waals surface area contributed by atoms with Gasteiger partial charge in [-0.3, -0.25) is 14.8 Å². The zero-order chi connectivity index (χ0) is 13.4. The van der Waals surface area contributed by atoms with Gasteiger partial charge in [0.15, 0.2) is 0 Å². The third kappa shape index (κ3) is 2.38. The molecule has 100 valence electrons. The molecule has 1 aliphatic rings. The number of rotatable bonds is 5. The summed E-state index contributed by atoms with van der Waals surface area (Å²) in [7, 11) is 1.76. The molecule has 6 nitrogen and oxygen atoms in total. The molecule has 0 radical (unpaired) electrons. The van der Waals surface area contributed by atoms with Crippen molar-refractivity contribution >= 4 is 5.69 Å². The minimum Gasteiger partial charge on any atom is -0.327 e. The summed E-state index contributed by atoms with van der Waals surface area (Å²) >= 11 is 0. The summed E-state index contributed by atoms with van der Waals surface area (Å²) in [5.74, 6) is 0.574. The largest absolute Gasteiger partial charge is 0.327 e. The highest BCUT2D eigenvalue weighted by Crippen LogP contribution is 2.35. The van der Waals surface area contributed by atoms with Gasteiger partial charge < -0.3 is 5.73 Å². The molecule has 0 amide bonds. The molecule has 2 N–H and O–H groups in total. The van der Waals surface area contributed by atoms with E-state index in [0.717, 1.165) is 12.8 Å². The number of nitrogens with zero attached hydrogens (tertiary/aromatic N) is 3. The molecule has 18 heavy (non-hydrogen) atoms. The van der Waals surface area contributed by atoms with Crippen LogP contribution in [0.2, 0.25) is 0 Å². The van der Waals surface area contributed by atoms with E-state index >= 15 is 0 Å². The second kappa shape index (κ2) is 4.68. The Balaban J connectivity index is 2.34. The van der Waals surface area contributed by atoms with Crippen LogP contribution in [0.4, 0.5) is 5.69 Å². The smallest absolute Gasteiger partial charge is 0.313 e. The van der Waals surface area contributed by atoms with E-state index in [9.17, 15) is 10.1 Å². The maximum atomic E-state index is 11.2. The zero-order valence-electron chi connectivity index (χ0n) is 11.1. The van der Waals surface area contributed by atoms with Crippen LogP contribution in [0.3, 0.4) is 0 Å². The second-order valence-electron chi connectivity index (χ2n) is 5.42. The topological polar surface area (TPSA) is 87.0 Å². The second-order valence-corrected chi connectivity index (χ2v) is 5.42. The minimum atomic E-state index is -0.322. The van der Waals surface area contributed by atoms with E-state index < -0.39 is 0 Å². The molecule has 1 fully saturated rings. The summed E-state index contributed by atoms with van der Waals surface area (Å²) in [6.45, 7) is 3.83. The molecule has 1 aromatic rings. The van der Waals surface area contributed by atoms with Crippen LogP contribution in [0.25, 0.3) is 0 Å². The summed E-state index contributed by atoms with van der Waals surface area (Å²) in [4.78, 5) is 10.9. The number of hydrogen-bond acceptors (Lipinski definition) is 4. The van der Waals surface area contributed by atoms with Crippen LogP contribution in [-0.2, 0) is 13.5 Å². The molecule has 1 heterocycles. The fourth-order valence-electron chi connectivity index (χ4n) is 2.30. The molecule has 1 atom stereocenters. The van der Waals surface area contributed by atoms with Crippen LogP contribution in [0.5, 0.6) is 0 Å². The molecular weight excluding hydrogens is 232 g/mol. The van der Waals surface area contributed by atoms with Gasteiger partial charge in [0, 0.05) is 25.4 Å². The Morgan fingerprint density at radius 2 is 2.17 bits per heavy atom. The Hall–Kier alpha value is -1.43. The van der Waals surface area contributed by atoms with Gasteiger partial charge in [-0.1, -0.05) is 13.8 Å². The van der Waals surface area contributed by atoms with Crippen molar-refractivity contribution in [2.75, 3.05) is 0 Å². The van der Waals surface area contributed by atoms with E-state index in [0.29, 0.717) is 23.7 Å². The molecule has 1 saturated carbocycles. The van der Waals surface area contributed by atoms with Crippen LogP contribution >= 0.6 is 0 Å². The fraction of sp³-hybridized carbons (Fsp3) is 0.750. The first-order chi connectivity index (χ1) is 8.41. The quantitative estimate of drug-likeness (QED) is 0.638. The van der Waals surface area contributed by atoms with Crippen molar-refractivity contribution in [2.24, 2.45) is 18.7 Å². The molecule has 6 heteroatoms. The van der Waals surface area contributed by atoms with Crippen molar-refractivity contribution in [1.82, 2.24) is 9.78 Å². The predicted molar refractivity (Wildman–Crippen MR) is 68.4 cm³/mol. The van der Waals surface area contributed by atoms with Gasteiger partial charge in [-0.05, 0) is 18.8 Å². The average Bonchev–Trinajstić information content (AvgIpc) is 3.05. The van der Waals surface area contributed by atoms with Crippen LogP contribution < -0.4 is 5.73 Å². The van der Waals surface area contributed by atoms with Crippen LogP contribution in [0.15, 0.2) is 0 Å². The van der Waals surface area contributed by atoms with Crippen LogP contribution in [0, 0.1) is 16.0 Å². The van der Waals surface area contributed by atoms with Gasteiger partial charge in [0.1, 0.15) is 11.4 Å². The van der Waals surface area contributed by atoms with Gasteiger partial charge >= 0.3 is 5.69 Å². The molecule has 0 aliphatic heterocycles. The van der Waals surface area contributed by atoms with Gasteiger partial charge in [0.05, 0.1) is 4.92 Å². The predicted octanol–water partition coefficient (Wildman–Crippen LogP) is 1.73. The van der Waals surface area contributed by atoms with E-state index in [1.54, 1.807) is 11.7 Å². The van der Waals surface area contributed by atoms with Gasteiger partial charge in [-0.25, -0.2) is 0 Å². The van der Waals surface area contributed by atoms with Crippen molar-refractivity contribution in [2.45, 2.75) is 45.1 Å². The van der Waals surface area contributed by atoms with E-state index in [4.69, 9.17) is 5.73 Å². The van der Waals surface area contributed by atoms with E-state index in [1.807, 2.05) is 13.8 Å². The molecule has 0 bridgehead atoms. The SMILES string of the molecule is CC(C)c1nn(C)c(CC(N)C2CC2)c1[N+](=O)[O-]. The minimum absolute atomic E-state index is 0.0131. The zero-order valence-corrected chi connectivity index (χ0v) is 11.1. The molecule has 0 saturated heterocycles. The third-order valence-electron chi connectivity index (χ3n) is 3.55. The first kappa shape index (κ1) is 13.0. The Morgan fingerprint density at radius 3 is 2.61 bits per heavy atom. The summed E-state index contributed by atoms with van der Waals surface area (Å²) in [5, 5.41) is 15.5. The highest BCUT2D eigenvalue weighted by atomic mass is 16.6. The summed E-state index contributed by atoms with van der Waals surface area (Å²) < 4.78 is 1.62. The van der Waals surface area contributed by atoms with Gasteiger partial charge in [-0.2, -0.15) is 5.10 Å². The van der Waals surface area contributed by atoms with E-state index in [1.165, 1.54) is 0 Å². The molecule has 0 aromatic carbocycles. The molecular formula is C12H20N4O2. The van der Waals surface area contributed by atoms with Crippen molar-refractivity contribution in [3.63, 3.8) is 0 Å². The van der Waals surface area contributed by atoms with Crippen molar-refractivity contribution < 1.29 is 4.92 Å². The maximum absolute atomic E-state index is 11.2. The first-order valence-electron chi connectivity index (χ1n) is 6.37. The summed E-state index contributed by atoms with van der Waals surface area (Å²) in [6.07, 6.45) is 2.82. The molecule has 1 unspecified atom stereocenters. The normalized spacial score (nSPS) is 17.2. The van der Waals surface area contributed by atoms with E-state index in [-0.39, 0.29) is 22.6 Å². The van der Waals surface area contributed by atoms with Crippen molar-refractivity contribution in [3.05, 3.63) is 21.5 Å². The highest BCUT2D eigenvalue weighted by Gasteiger charge is 2.34. The van der Waals surface area contributed by atoms with Crippen molar-refractivity contribution in [3.8, 4) is 0 Å². The number of aryl methyl sites for hydroxylation is 1. The molecule has 2 rings (SSSR count). The van der Waals surface area contributed by atoms with E-state index in [2.05, 4.69) is 5.10 Å².